The van der Waals surface area contributed by atoms with Crippen LogP contribution < -0.4 is 4.90 Å². The lowest BCUT2D eigenvalue weighted by Gasteiger charge is -2.36. The zero-order valence-corrected chi connectivity index (χ0v) is 20.8. The van der Waals surface area contributed by atoms with E-state index in [0.717, 1.165) is 4.90 Å². The number of halogens is 1. The van der Waals surface area contributed by atoms with E-state index < -0.39 is 11.4 Å². The third-order valence-corrected chi connectivity index (χ3v) is 6.21. The molecule has 0 aliphatic carbocycles. The minimum Gasteiger partial charge on any atom is -0.444 e. The third-order valence-electron chi connectivity index (χ3n) is 6.21. The van der Waals surface area contributed by atoms with Crippen LogP contribution in [0, 0.1) is 5.82 Å². The van der Waals surface area contributed by atoms with Gasteiger partial charge in [-0.25, -0.2) is 13.9 Å². The highest BCUT2D eigenvalue weighted by Crippen LogP contribution is 2.26. The number of carbonyl (C=O) groups excluding carboxylic acids is 3. The number of nitrogens with zero attached hydrogens (tertiary/aromatic N) is 6. The zero-order chi connectivity index (χ0) is 26.3. The van der Waals surface area contributed by atoms with Gasteiger partial charge in [-0.15, -0.1) is 5.10 Å². The second-order valence-corrected chi connectivity index (χ2v) is 9.99. The molecule has 0 bridgehead atoms. The monoisotopic (exact) mass is 506 g/mol. The molecule has 1 saturated heterocycles. The number of anilines is 1. The second kappa shape index (κ2) is 9.30. The Balaban J connectivity index is 1.23. The van der Waals surface area contributed by atoms with Gasteiger partial charge in [0.15, 0.2) is 0 Å². The molecular weight excluding hydrogens is 479 g/mol. The standard InChI is InChI=1S/C26H27FN6O4/c1-26(2,3)37-25(36)31-12-10-30(11-13-31)22-9-8-18(14-21(22)27)33-16-17(28-29-33)15-32-23(34)19-6-4-5-7-20(19)24(32)35/h4-9,14,16H,10-13,15H2,1-3H3. The number of benzene rings is 2. The van der Waals surface area contributed by atoms with Gasteiger partial charge in [-0.3, -0.25) is 14.5 Å². The van der Waals surface area contributed by atoms with Gasteiger partial charge >= 0.3 is 6.09 Å². The number of piperazine rings is 1. The molecule has 3 amide bonds. The Labute approximate surface area is 213 Å². The minimum atomic E-state index is -0.568. The van der Waals surface area contributed by atoms with Gasteiger partial charge in [0.2, 0.25) is 0 Å². The van der Waals surface area contributed by atoms with Gasteiger partial charge < -0.3 is 14.5 Å². The fourth-order valence-corrected chi connectivity index (χ4v) is 4.39. The second-order valence-electron chi connectivity index (χ2n) is 9.99. The zero-order valence-electron chi connectivity index (χ0n) is 20.8. The Hall–Kier alpha value is -4.28. The Morgan fingerprint density at radius 1 is 1.00 bits per heavy atom. The van der Waals surface area contributed by atoms with Crippen LogP contribution in [0.15, 0.2) is 48.7 Å². The van der Waals surface area contributed by atoms with E-state index in [4.69, 9.17) is 4.74 Å². The van der Waals surface area contributed by atoms with Crippen LogP contribution in [0.2, 0.25) is 0 Å². The van der Waals surface area contributed by atoms with Gasteiger partial charge in [0.1, 0.15) is 17.1 Å². The van der Waals surface area contributed by atoms with Crippen LogP contribution in [-0.4, -0.2) is 74.5 Å². The van der Waals surface area contributed by atoms with Gasteiger partial charge in [0.25, 0.3) is 11.8 Å². The maximum Gasteiger partial charge on any atom is 0.410 e. The fourth-order valence-electron chi connectivity index (χ4n) is 4.39. The van der Waals surface area contributed by atoms with Crippen LogP contribution in [0.1, 0.15) is 47.2 Å². The first-order chi connectivity index (χ1) is 17.6. The van der Waals surface area contributed by atoms with E-state index in [1.165, 1.54) is 10.7 Å². The van der Waals surface area contributed by atoms with Gasteiger partial charge in [-0.1, -0.05) is 17.3 Å². The maximum absolute atomic E-state index is 15.1. The molecule has 10 nitrogen and oxygen atoms in total. The third kappa shape index (κ3) is 4.89. The Bertz CT molecular complexity index is 1340. The van der Waals surface area contributed by atoms with Gasteiger partial charge in [0, 0.05) is 32.2 Å². The summed E-state index contributed by atoms with van der Waals surface area (Å²) in [5.41, 5.74) is 1.45. The summed E-state index contributed by atoms with van der Waals surface area (Å²) >= 11 is 0. The maximum atomic E-state index is 15.1. The van der Waals surface area contributed by atoms with Crippen LogP contribution >= 0.6 is 0 Å². The summed E-state index contributed by atoms with van der Waals surface area (Å²) in [6.07, 6.45) is 1.20. The molecule has 0 saturated carbocycles. The highest BCUT2D eigenvalue weighted by molar-refractivity contribution is 6.21. The van der Waals surface area contributed by atoms with Crippen molar-refractivity contribution in [1.29, 1.82) is 0 Å². The molecule has 0 atom stereocenters. The molecule has 2 aliphatic rings. The van der Waals surface area contributed by atoms with Crippen molar-refractivity contribution in [2.24, 2.45) is 0 Å². The normalized spacial score (nSPS) is 15.8. The summed E-state index contributed by atoms with van der Waals surface area (Å²) in [5.74, 6) is -1.18. The number of carbonyl (C=O) groups is 3. The van der Waals surface area contributed by atoms with E-state index >= 15 is 4.39 Å². The number of hydrogen-bond donors (Lipinski definition) is 0. The van der Waals surface area contributed by atoms with Crippen LogP contribution in [0.5, 0.6) is 0 Å². The van der Waals surface area contributed by atoms with Crippen molar-refractivity contribution < 1.29 is 23.5 Å². The van der Waals surface area contributed by atoms with Crippen molar-refractivity contribution in [3.05, 3.63) is 71.3 Å². The van der Waals surface area contributed by atoms with E-state index in [-0.39, 0.29) is 24.5 Å². The Kier molecular flexibility index (Phi) is 6.14. The van der Waals surface area contributed by atoms with Crippen LogP contribution in [0.4, 0.5) is 14.9 Å². The van der Waals surface area contributed by atoms with Crippen molar-refractivity contribution in [2.75, 3.05) is 31.1 Å². The summed E-state index contributed by atoms with van der Waals surface area (Å²) in [6, 6.07) is 11.4. The summed E-state index contributed by atoms with van der Waals surface area (Å²) in [6.45, 7) is 7.24. The Morgan fingerprint density at radius 2 is 1.65 bits per heavy atom. The number of fused-ring (bicyclic) bond motifs is 1. The van der Waals surface area contributed by atoms with E-state index in [0.29, 0.717) is 54.4 Å². The van der Waals surface area contributed by atoms with Gasteiger partial charge in [0.05, 0.1) is 35.2 Å². The predicted molar refractivity (Wildman–Crippen MR) is 132 cm³/mol. The smallest absolute Gasteiger partial charge is 0.410 e. The first-order valence-corrected chi connectivity index (χ1v) is 12.0. The van der Waals surface area contributed by atoms with E-state index in [1.807, 2.05) is 25.7 Å². The molecule has 2 aromatic carbocycles. The molecule has 1 fully saturated rings. The largest absolute Gasteiger partial charge is 0.444 e. The van der Waals surface area contributed by atoms with E-state index in [2.05, 4.69) is 10.3 Å². The molecule has 0 spiro atoms. The minimum absolute atomic E-state index is 0.0329. The highest BCUT2D eigenvalue weighted by atomic mass is 19.1. The van der Waals surface area contributed by atoms with Crippen molar-refractivity contribution in [1.82, 2.24) is 24.8 Å². The summed E-state index contributed by atoms with van der Waals surface area (Å²) in [4.78, 5) is 42.1. The van der Waals surface area contributed by atoms with Crippen molar-refractivity contribution in [2.45, 2.75) is 32.9 Å². The molecular formula is C26H27FN6O4. The van der Waals surface area contributed by atoms with Gasteiger partial charge in [-0.05, 0) is 45.0 Å². The van der Waals surface area contributed by atoms with Crippen LogP contribution in [0.25, 0.3) is 5.69 Å². The van der Waals surface area contributed by atoms with E-state index in [9.17, 15) is 14.4 Å². The SMILES string of the molecule is CC(C)(C)OC(=O)N1CCN(c2ccc(-n3cc(CN4C(=O)c5ccccc5C4=O)nn3)cc2F)CC1. The first kappa shape index (κ1) is 24.4. The summed E-state index contributed by atoms with van der Waals surface area (Å²) in [5, 5.41) is 8.11. The number of imide groups is 1. The van der Waals surface area contributed by atoms with Crippen molar-refractivity contribution in [3.8, 4) is 5.69 Å². The molecule has 2 aliphatic heterocycles. The molecule has 3 aromatic rings. The summed E-state index contributed by atoms with van der Waals surface area (Å²) in [7, 11) is 0. The predicted octanol–water partition coefficient (Wildman–Crippen LogP) is 3.26. The molecule has 5 rings (SSSR count). The molecule has 192 valence electrons. The Morgan fingerprint density at radius 3 is 2.24 bits per heavy atom. The number of rotatable bonds is 4. The average Bonchev–Trinajstić information content (AvgIpc) is 3.42. The van der Waals surface area contributed by atoms with Crippen molar-refractivity contribution >= 4 is 23.6 Å². The molecule has 11 heteroatoms. The molecule has 0 unspecified atom stereocenters. The number of hydrogen-bond acceptors (Lipinski definition) is 7. The average molecular weight is 507 g/mol. The fraction of sp³-hybridized carbons (Fsp3) is 0.346. The lowest BCUT2D eigenvalue weighted by atomic mass is 10.1. The summed E-state index contributed by atoms with van der Waals surface area (Å²) < 4.78 is 21.9. The number of aromatic nitrogens is 3. The van der Waals surface area contributed by atoms with Gasteiger partial charge in [-0.2, -0.15) is 0 Å². The molecule has 1 aromatic heterocycles. The molecule has 3 heterocycles. The van der Waals surface area contributed by atoms with Crippen LogP contribution in [0.3, 0.4) is 0 Å². The molecule has 0 N–H and O–H groups in total. The molecule has 37 heavy (non-hydrogen) atoms. The van der Waals surface area contributed by atoms with E-state index in [1.54, 1.807) is 47.5 Å². The molecule has 0 radical (unpaired) electrons. The quantitative estimate of drug-likeness (QED) is 0.501. The topological polar surface area (TPSA) is 101 Å². The van der Waals surface area contributed by atoms with Crippen molar-refractivity contribution in [3.63, 3.8) is 0 Å². The first-order valence-electron chi connectivity index (χ1n) is 12.0. The number of ether oxygens (including phenoxy) is 1. The lowest BCUT2D eigenvalue weighted by Crippen LogP contribution is -2.50. The highest BCUT2D eigenvalue weighted by Gasteiger charge is 2.35. The number of amides is 3. The lowest BCUT2D eigenvalue weighted by molar-refractivity contribution is 0.0240. The van der Waals surface area contributed by atoms with Crippen LogP contribution in [-0.2, 0) is 11.3 Å².